The average molecular weight is 183 g/mol. The predicted octanol–water partition coefficient (Wildman–Crippen LogP) is 0.685. The molecule has 0 atom stereocenters. The lowest BCUT2D eigenvalue weighted by Crippen LogP contribution is -1.86. The highest BCUT2D eigenvalue weighted by Gasteiger charge is 1.96. The first-order chi connectivity index (χ1) is 5.72. The first-order valence-electron chi connectivity index (χ1n) is 3.25. The Balaban J connectivity index is 2.80. The van der Waals surface area contributed by atoms with Crippen LogP contribution in [0.2, 0.25) is 0 Å². The van der Waals surface area contributed by atoms with Gasteiger partial charge in [-0.25, -0.2) is 4.99 Å². The molecular formula is C6H9N5S. The average Bonchev–Trinajstić information content (AvgIpc) is 2.36. The van der Waals surface area contributed by atoms with Gasteiger partial charge >= 0.3 is 0 Å². The van der Waals surface area contributed by atoms with Gasteiger partial charge in [0.15, 0.2) is 0 Å². The topological polar surface area (TPSA) is 90.2 Å². The fourth-order valence-corrected chi connectivity index (χ4v) is 1.14. The van der Waals surface area contributed by atoms with Crippen molar-refractivity contribution in [1.82, 2.24) is 10.2 Å². The van der Waals surface area contributed by atoms with Crippen LogP contribution in [0.1, 0.15) is 6.92 Å². The minimum atomic E-state index is 0.415. The maximum absolute atomic E-state index is 5.36. The standard InChI is InChI=1S/C6H9N5S/c1-4(2-3-7)9-6-11-10-5(8)12-6/h2-3H,7H2,1H3,(H2,8,10)/b3-2-,9-4+. The van der Waals surface area contributed by atoms with Crippen molar-refractivity contribution < 1.29 is 0 Å². The summed E-state index contributed by atoms with van der Waals surface area (Å²) in [6.07, 6.45) is 3.10. The number of aromatic nitrogens is 2. The number of aliphatic imine (C=N–C) groups is 1. The maximum Gasteiger partial charge on any atom is 0.233 e. The van der Waals surface area contributed by atoms with E-state index in [4.69, 9.17) is 11.5 Å². The quantitative estimate of drug-likeness (QED) is 0.660. The zero-order valence-electron chi connectivity index (χ0n) is 6.56. The second-order valence-electron chi connectivity index (χ2n) is 2.04. The lowest BCUT2D eigenvalue weighted by molar-refractivity contribution is 1.09. The number of hydrogen-bond acceptors (Lipinski definition) is 6. The smallest absolute Gasteiger partial charge is 0.233 e. The summed E-state index contributed by atoms with van der Waals surface area (Å²) in [6.45, 7) is 1.82. The molecule has 0 fully saturated rings. The van der Waals surface area contributed by atoms with Crippen molar-refractivity contribution >= 4 is 27.3 Å². The van der Waals surface area contributed by atoms with E-state index in [9.17, 15) is 0 Å². The summed E-state index contributed by atoms with van der Waals surface area (Å²) in [7, 11) is 0. The Morgan fingerprint density at radius 3 is 2.83 bits per heavy atom. The van der Waals surface area contributed by atoms with Crippen molar-refractivity contribution in [2.45, 2.75) is 6.92 Å². The molecule has 1 rings (SSSR count). The van der Waals surface area contributed by atoms with Crippen LogP contribution in [0.15, 0.2) is 17.3 Å². The van der Waals surface area contributed by atoms with Gasteiger partial charge in [-0.2, -0.15) is 0 Å². The second-order valence-corrected chi connectivity index (χ2v) is 3.02. The molecule has 0 amide bonds. The second kappa shape index (κ2) is 3.82. The molecule has 1 aromatic heterocycles. The monoisotopic (exact) mass is 183 g/mol. The summed E-state index contributed by atoms with van der Waals surface area (Å²) >= 11 is 1.24. The Kier molecular flexibility index (Phi) is 2.76. The molecule has 6 heteroatoms. The molecule has 0 spiro atoms. The Hall–Kier alpha value is -1.43. The first kappa shape index (κ1) is 8.66. The molecule has 0 aromatic carbocycles. The van der Waals surface area contributed by atoms with E-state index in [1.54, 1.807) is 6.08 Å². The number of hydrogen-bond donors (Lipinski definition) is 2. The minimum absolute atomic E-state index is 0.415. The third-order valence-corrected chi connectivity index (χ3v) is 1.69. The van der Waals surface area contributed by atoms with E-state index in [-0.39, 0.29) is 0 Å². The summed E-state index contributed by atoms with van der Waals surface area (Å²) in [5, 5.41) is 8.29. The van der Waals surface area contributed by atoms with Crippen molar-refractivity contribution in [3.63, 3.8) is 0 Å². The lowest BCUT2D eigenvalue weighted by Gasteiger charge is -1.85. The zero-order valence-corrected chi connectivity index (χ0v) is 7.38. The van der Waals surface area contributed by atoms with E-state index in [0.29, 0.717) is 10.3 Å². The summed E-state index contributed by atoms with van der Waals surface area (Å²) in [5.74, 6) is 0. The van der Waals surface area contributed by atoms with Gasteiger partial charge in [0.2, 0.25) is 10.3 Å². The molecule has 0 unspecified atom stereocenters. The summed E-state index contributed by atoms with van der Waals surface area (Å²) in [6, 6.07) is 0. The van der Waals surface area contributed by atoms with Crippen LogP contribution >= 0.6 is 11.3 Å². The van der Waals surface area contributed by atoms with Crippen LogP contribution in [-0.2, 0) is 0 Å². The molecule has 0 aliphatic carbocycles. The van der Waals surface area contributed by atoms with Crippen molar-refractivity contribution in [2.24, 2.45) is 10.7 Å². The highest BCUT2D eigenvalue weighted by Crippen LogP contribution is 2.19. The van der Waals surface area contributed by atoms with Crippen LogP contribution in [0.4, 0.5) is 10.3 Å². The Morgan fingerprint density at radius 2 is 2.33 bits per heavy atom. The van der Waals surface area contributed by atoms with E-state index in [0.717, 1.165) is 5.71 Å². The van der Waals surface area contributed by atoms with Crippen LogP contribution in [0.3, 0.4) is 0 Å². The fraction of sp³-hybridized carbons (Fsp3) is 0.167. The summed E-state index contributed by atoms with van der Waals surface area (Å²) < 4.78 is 0. The van der Waals surface area contributed by atoms with Crippen molar-refractivity contribution in [2.75, 3.05) is 5.73 Å². The number of nitrogen functional groups attached to an aromatic ring is 1. The number of allylic oxidation sites excluding steroid dienone is 1. The van der Waals surface area contributed by atoms with Gasteiger partial charge in [0, 0.05) is 5.71 Å². The molecule has 0 bridgehead atoms. The van der Waals surface area contributed by atoms with E-state index in [2.05, 4.69) is 15.2 Å². The molecule has 1 heterocycles. The molecule has 0 saturated heterocycles. The highest BCUT2D eigenvalue weighted by molar-refractivity contribution is 7.18. The number of rotatable bonds is 2. The van der Waals surface area contributed by atoms with E-state index >= 15 is 0 Å². The van der Waals surface area contributed by atoms with Crippen LogP contribution < -0.4 is 11.5 Å². The van der Waals surface area contributed by atoms with Gasteiger partial charge < -0.3 is 11.5 Å². The van der Waals surface area contributed by atoms with E-state index in [1.807, 2.05) is 6.92 Å². The SMILES string of the molecule is CC(/C=C\N)=N\c1nnc(N)s1. The van der Waals surface area contributed by atoms with Crippen molar-refractivity contribution in [3.05, 3.63) is 12.3 Å². The maximum atomic E-state index is 5.36. The molecule has 64 valence electrons. The predicted molar refractivity (Wildman–Crippen MR) is 50.4 cm³/mol. The third-order valence-electron chi connectivity index (χ3n) is 1.04. The number of nitrogens with zero attached hydrogens (tertiary/aromatic N) is 3. The van der Waals surface area contributed by atoms with Crippen LogP contribution in [0.5, 0.6) is 0 Å². The lowest BCUT2D eigenvalue weighted by atomic mass is 10.4. The molecule has 4 N–H and O–H groups in total. The Labute approximate surface area is 73.8 Å². The number of nitrogens with two attached hydrogens (primary N) is 2. The van der Waals surface area contributed by atoms with Gasteiger partial charge in [0.05, 0.1) is 0 Å². The fourth-order valence-electron chi connectivity index (χ4n) is 0.599. The molecule has 12 heavy (non-hydrogen) atoms. The Morgan fingerprint density at radius 1 is 1.58 bits per heavy atom. The van der Waals surface area contributed by atoms with E-state index < -0.39 is 0 Å². The van der Waals surface area contributed by atoms with E-state index in [1.165, 1.54) is 17.5 Å². The molecular weight excluding hydrogens is 174 g/mol. The zero-order chi connectivity index (χ0) is 8.97. The molecule has 5 nitrogen and oxygen atoms in total. The Bertz CT molecular complexity index is 313. The van der Waals surface area contributed by atoms with Gasteiger partial charge in [0.25, 0.3) is 0 Å². The molecule has 0 aliphatic rings. The van der Waals surface area contributed by atoms with Crippen LogP contribution in [0, 0.1) is 0 Å². The van der Waals surface area contributed by atoms with Gasteiger partial charge in [-0.3, -0.25) is 0 Å². The molecule has 0 saturated carbocycles. The van der Waals surface area contributed by atoms with Gasteiger partial charge in [-0.15, -0.1) is 10.2 Å². The first-order valence-corrected chi connectivity index (χ1v) is 4.06. The molecule has 0 aliphatic heterocycles. The molecule has 0 radical (unpaired) electrons. The van der Waals surface area contributed by atoms with Gasteiger partial charge in [0.1, 0.15) is 0 Å². The van der Waals surface area contributed by atoms with Gasteiger partial charge in [-0.05, 0) is 19.2 Å². The normalized spacial score (nSPS) is 12.6. The van der Waals surface area contributed by atoms with Crippen molar-refractivity contribution in [1.29, 1.82) is 0 Å². The van der Waals surface area contributed by atoms with Crippen molar-refractivity contribution in [3.8, 4) is 0 Å². The molecule has 1 aromatic rings. The third kappa shape index (κ3) is 2.31. The van der Waals surface area contributed by atoms with Crippen LogP contribution in [0.25, 0.3) is 0 Å². The number of anilines is 1. The summed E-state index contributed by atoms with van der Waals surface area (Å²) in [5.41, 5.74) is 11.3. The largest absolute Gasteiger partial charge is 0.405 e. The van der Waals surface area contributed by atoms with Crippen LogP contribution in [-0.4, -0.2) is 15.9 Å². The minimum Gasteiger partial charge on any atom is -0.405 e. The highest BCUT2D eigenvalue weighted by atomic mass is 32.1. The van der Waals surface area contributed by atoms with Gasteiger partial charge in [-0.1, -0.05) is 11.3 Å². The summed E-state index contributed by atoms with van der Waals surface area (Å²) in [4.78, 5) is 4.08.